The van der Waals surface area contributed by atoms with E-state index in [2.05, 4.69) is 22.1 Å². The van der Waals surface area contributed by atoms with Crippen LogP contribution in [-0.4, -0.2) is 62.4 Å². The summed E-state index contributed by atoms with van der Waals surface area (Å²) in [5, 5.41) is 2.92. The van der Waals surface area contributed by atoms with E-state index in [1.807, 2.05) is 7.05 Å². The van der Waals surface area contributed by atoms with Crippen molar-refractivity contribution in [2.45, 2.75) is 24.3 Å². The van der Waals surface area contributed by atoms with Crippen molar-refractivity contribution in [3.05, 3.63) is 18.5 Å². The maximum Gasteiger partial charge on any atom is 0.246 e. The fourth-order valence-electron chi connectivity index (χ4n) is 2.51. The van der Waals surface area contributed by atoms with Gasteiger partial charge in [-0.3, -0.25) is 4.98 Å². The summed E-state index contributed by atoms with van der Waals surface area (Å²) in [6, 6.07) is 1.95. The average molecular weight is 298 g/mol. The van der Waals surface area contributed by atoms with Crippen LogP contribution in [-0.2, 0) is 10.0 Å². The minimum Gasteiger partial charge on any atom is -0.387 e. The molecule has 112 valence electrons. The Balaban J connectivity index is 2.31. The first kappa shape index (κ1) is 15.2. The maximum absolute atomic E-state index is 12.8. The molecule has 0 saturated carbocycles. The van der Waals surface area contributed by atoms with Gasteiger partial charge < -0.3 is 10.2 Å². The second-order valence-electron chi connectivity index (χ2n) is 5.03. The summed E-state index contributed by atoms with van der Waals surface area (Å²) in [6.07, 6.45) is 3.94. The number of sulfonamides is 1. The van der Waals surface area contributed by atoms with Crippen LogP contribution in [0.2, 0.25) is 0 Å². The van der Waals surface area contributed by atoms with Crippen molar-refractivity contribution in [1.29, 1.82) is 0 Å². The van der Waals surface area contributed by atoms with E-state index in [9.17, 15) is 8.42 Å². The van der Waals surface area contributed by atoms with Crippen molar-refractivity contribution >= 4 is 15.7 Å². The molecule has 2 rings (SSSR count). The number of nitrogens with zero attached hydrogens (tertiary/aromatic N) is 3. The van der Waals surface area contributed by atoms with Crippen molar-refractivity contribution in [1.82, 2.24) is 14.2 Å². The van der Waals surface area contributed by atoms with Gasteiger partial charge in [0.2, 0.25) is 10.0 Å². The molecule has 0 spiro atoms. The topological polar surface area (TPSA) is 65.5 Å². The number of rotatable bonds is 4. The molecule has 0 bridgehead atoms. The third-order valence-electron chi connectivity index (χ3n) is 3.88. The quantitative estimate of drug-likeness (QED) is 0.892. The molecule has 1 N–H and O–H groups in total. The number of hydrogen-bond acceptors (Lipinski definition) is 5. The molecule has 1 aliphatic heterocycles. The largest absolute Gasteiger partial charge is 0.387 e. The molecule has 0 aromatic carbocycles. The Labute approximate surface area is 120 Å². The minimum absolute atomic E-state index is 0.252. The summed E-state index contributed by atoms with van der Waals surface area (Å²) < 4.78 is 27.1. The van der Waals surface area contributed by atoms with E-state index in [-0.39, 0.29) is 10.9 Å². The van der Waals surface area contributed by atoms with Crippen LogP contribution in [0.25, 0.3) is 0 Å². The fraction of sp³-hybridized carbons (Fsp3) is 0.615. The lowest BCUT2D eigenvalue weighted by atomic mass is 10.1. The predicted octanol–water partition coefficient (Wildman–Crippen LogP) is 0.838. The zero-order valence-corrected chi connectivity index (χ0v) is 13.0. The third-order valence-corrected chi connectivity index (χ3v) is 5.78. The Morgan fingerprint density at radius 1 is 1.45 bits per heavy atom. The van der Waals surface area contributed by atoms with Gasteiger partial charge in [-0.25, -0.2) is 8.42 Å². The van der Waals surface area contributed by atoms with E-state index in [1.165, 1.54) is 6.20 Å². The van der Waals surface area contributed by atoms with Crippen LogP contribution >= 0.6 is 0 Å². The monoisotopic (exact) mass is 298 g/mol. The van der Waals surface area contributed by atoms with Crippen molar-refractivity contribution in [3.63, 3.8) is 0 Å². The van der Waals surface area contributed by atoms with Gasteiger partial charge in [0.05, 0.1) is 5.69 Å². The highest BCUT2D eigenvalue weighted by atomic mass is 32.2. The van der Waals surface area contributed by atoms with E-state index >= 15 is 0 Å². The number of hydrogen-bond donors (Lipinski definition) is 1. The van der Waals surface area contributed by atoms with Crippen LogP contribution in [0, 0.1) is 0 Å². The normalized spacial score (nSPS) is 21.9. The van der Waals surface area contributed by atoms with Gasteiger partial charge >= 0.3 is 0 Å². The van der Waals surface area contributed by atoms with Gasteiger partial charge in [0, 0.05) is 45.1 Å². The predicted molar refractivity (Wildman–Crippen MR) is 79.3 cm³/mol. The molecule has 7 heteroatoms. The zero-order chi connectivity index (χ0) is 14.8. The van der Waals surface area contributed by atoms with Gasteiger partial charge in [-0.2, -0.15) is 4.31 Å². The van der Waals surface area contributed by atoms with Crippen molar-refractivity contribution in [2.24, 2.45) is 0 Å². The second kappa shape index (κ2) is 6.07. The van der Waals surface area contributed by atoms with E-state index in [0.29, 0.717) is 18.8 Å². The zero-order valence-electron chi connectivity index (χ0n) is 12.2. The first-order chi connectivity index (χ1) is 9.50. The standard InChI is InChI=1S/C13H22N4O2S/c1-4-11-10-17(8-7-16(11)3)20(18,19)13-9-15-6-5-12(13)14-2/h5-6,9,11H,4,7-8,10H2,1-3H3,(H,14,15). The molecular weight excluding hydrogens is 276 g/mol. The summed E-state index contributed by atoms with van der Waals surface area (Å²) in [6.45, 7) is 3.90. The van der Waals surface area contributed by atoms with Crippen LogP contribution in [0.1, 0.15) is 13.3 Å². The Morgan fingerprint density at radius 3 is 2.85 bits per heavy atom. The number of pyridine rings is 1. The molecule has 1 fully saturated rings. The van der Waals surface area contributed by atoms with Gasteiger partial charge in [-0.1, -0.05) is 6.92 Å². The Hall–Kier alpha value is -1.18. The molecule has 0 radical (unpaired) electrons. The molecular formula is C13H22N4O2S. The molecule has 6 nitrogen and oxygen atoms in total. The van der Waals surface area contributed by atoms with E-state index in [0.717, 1.165) is 13.0 Å². The van der Waals surface area contributed by atoms with Gasteiger partial charge in [0.15, 0.2) is 0 Å². The Bertz CT molecular complexity index is 561. The lowest BCUT2D eigenvalue weighted by Crippen LogP contribution is -2.52. The molecule has 2 heterocycles. The molecule has 1 aromatic rings. The maximum atomic E-state index is 12.8. The summed E-state index contributed by atoms with van der Waals surface area (Å²) >= 11 is 0. The SMILES string of the molecule is CCC1CN(S(=O)(=O)c2cnccc2NC)CCN1C. The lowest BCUT2D eigenvalue weighted by molar-refractivity contribution is 0.144. The number of piperazine rings is 1. The number of anilines is 1. The number of nitrogens with one attached hydrogen (secondary N) is 1. The molecule has 1 unspecified atom stereocenters. The molecule has 0 amide bonds. The highest BCUT2D eigenvalue weighted by Crippen LogP contribution is 2.25. The Kier molecular flexibility index (Phi) is 4.62. The van der Waals surface area contributed by atoms with E-state index in [4.69, 9.17) is 0 Å². The fourth-order valence-corrected chi connectivity index (χ4v) is 4.12. The summed E-state index contributed by atoms with van der Waals surface area (Å²) in [5.41, 5.74) is 0.590. The highest BCUT2D eigenvalue weighted by Gasteiger charge is 2.33. The number of likely N-dealkylation sites (N-methyl/N-ethyl adjacent to an activating group) is 1. The van der Waals surface area contributed by atoms with Gasteiger partial charge in [-0.15, -0.1) is 0 Å². The molecule has 0 aliphatic carbocycles. The molecule has 20 heavy (non-hydrogen) atoms. The van der Waals surface area contributed by atoms with Crippen molar-refractivity contribution in [3.8, 4) is 0 Å². The van der Waals surface area contributed by atoms with Crippen LogP contribution in [0.3, 0.4) is 0 Å². The molecule has 1 atom stereocenters. The van der Waals surface area contributed by atoms with Gasteiger partial charge in [0.1, 0.15) is 4.90 Å². The Morgan fingerprint density at radius 2 is 2.20 bits per heavy atom. The van der Waals surface area contributed by atoms with Crippen LogP contribution in [0.4, 0.5) is 5.69 Å². The van der Waals surface area contributed by atoms with E-state index < -0.39 is 10.0 Å². The third kappa shape index (κ3) is 2.79. The molecule has 1 aliphatic rings. The summed E-state index contributed by atoms with van der Waals surface area (Å²) in [4.78, 5) is 6.42. The van der Waals surface area contributed by atoms with Crippen LogP contribution in [0.15, 0.2) is 23.4 Å². The number of aromatic nitrogens is 1. The average Bonchev–Trinajstić information content (AvgIpc) is 2.47. The smallest absolute Gasteiger partial charge is 0.246 e. The summed E-state index contributed by atoms with van der Waals surface area (Å²) in [7, 11) is 0.269. The first-order valence-corrected chi connectivity index (χ1v) is 8.26. The lowest BCUT2D eigenvalue weighted by Gasteiger charge is -2.38. The van der Waals surface area contributed by atoms with Gasteiger partial charge in [0.25, 0.3) is 0 Å². The molecule has 1 saturated heterocycles. The van der Waals surface area contributed by atoms with Crippen LogP contribution < -0.4 is 5.32 Å². The van der Waals surface area contributed by atoms with Crippen molar-refractivity contribution in [2.75, 3.05) is 39.0 Å². The molecule has 1 aromatic heterocycles. The van der Waals surface area contributed by atoms with Crippen LogP contribution in [0.5, 0.6) is 0 Å². The summed E-state index contributed by atoms with van der Waals surface area (Å²) in [5.74, 6) is 0. The van der Waals surface area contributed by atoms with Gasteiger partial charge in [-0.05, 0) is 19.5 Å². The van der Waals surface area contributed by atoms with Crippen molar-refractivity contribution < 1.29 is 8.42 Å². The minimum atomic E-state index is -3.49. The van der Waals surface area contributed by atoms with E-state index in [1.54, 1.807) is 23.6 Å². The highest BCUT2D eigenvalue weighted by molar-refractivity contribution is 7.89. The first-order valence-electron chi connectivity index (χ1n) is 6.82. The second-order valence-corrected chi connectivity index (χ2v) is 6.93.